The molecule has 1 atom stereocenters. The van der Waals surface area contributed by atoms with Crippen LogP contribution in [0.25, 0.3) is 0 Å². The number of rotatable bonds is 4. The van der Waals surface area contributed by atoms with Crippen molar-refractivity contribution in [3.8, 4) is 5.75 Å². The van der Waals surface area contributed by atoms with Crippen molar-refractivity contribution in [1.82, 2.24) is 5.16 Å². The van der Waals surface area contributed by atoms with E-state index in [2.05, 4.69) is 10.5 Å². The second-order valence-corrected chi connectivity index (χ2v) is 5.67. The predicted octanol–water partition coefficient (Wildman–Crippen LogP) is 2.91. The monoisotopic (exact) mass is 314 g/mol. The third-order valence-corrected chi connectivity index (χ3v) is 3.79. The molecule has 1 N–H and O–H groups in total. The number of hydrogen-bond acceptors (Lipinski definition) is 5. The zero-order valence-electron chi connectivity index (χ0n) is 13.1. The Hall–Kier alpha value is -2.63. The molecule has 0 bridgehead atoms. The summed E-state index contributed by atoms with van der Waals surface area (Å²) in [5.74, 6) is 1.42. The number of ketones is 1. The van der Waals surface area contributed by atoms with Crippen molar-refractivity contribution in [3.05, 3.63) is 41.2 Å². The van der Waals surface area contributed by atoms with Gasteiger partial charge in [0.1, 0.15) is 11.5 Å². The van der Waals surface area contributed by atoms with Crippen LogP contribution in [0.4, 0.5) is 5.82 Å². The van der Waals surface area contributed by atoms with Gasteiger partial charge in [-0.1, -0.05) is 5.16 Å². The van der Waals surface area contributed by atoms with E-state index in [1.54, 1.807) is 32.0 Å². The third-order valence-electron chi connectivity index (χ3n) is 3.79. The predicted molar refractivity (Wildman–Crippen MR) is 83.7 cm³/mol. The van der Waals surface area contributed by atoms with Crippen LogP contribution in [0, 0.1) is 6.92 Å². The van der Waals surface area contributed by atoms with Gasteiger partial charge in [0.15, 0.2) is 17.7 Å². The van der Waals surface area contributed by atoms with Gasteiger partial charge in [-0.3, -0.25) is 9.59 Å². The van der Waals surface area contributed by atoms with Crippen molar-refractivity contribution in [2.24, 2.45) is 0 Å². The summed E-state index contributed by atoms with van der Waals surface area (Å²) in [6.07, 6.45) is 1.63. The number of hydrogen-bond donors (Lipinski definition) is 1. The molecule has 1 aliphatic carbocycles. The van der Waals surface area contributed by atoms with Crippen LogP contribution >= 0.6 is 0 Å². The van der Waals surface area contributed by atoms with Crippen molar-refractivity contribution < 1.29 is 18.8 Å². The fraction of sp³-hybridized carbons (Fsp3) is 0.353. The number of anilines is 1. The molecule has 0 spiro atoms. The van der Waals surface area contributed by atoms with Gasteiger partial charge in [-0.2, -0.15) is 0 Å². The maximum Gasteiger partial charge on any atom is 0.266 e. The lowest BCUT2D eigenvalue weighted by Gasteiger charge is -2.18. The lowest BCUT2D eigenvalue weighted by Crippen LogP contribution is -2.30. The first-order valence-corrected chi connectivity index (χ1v) is 7.60. The third kappa shape index (κ3) is 3.41. The molecule has 1 aromatic heterocycles. The van der Waals surface area contributed by atoms with Crippen molar-refractivity contribution >= 4 is 17.5 Å². The van der Waals surface area contributed by atoms with Gasteiger partial charge < -0.3 is 14.6 Å². The van der Waals surface area contributed by atoms with Crippen molar-refractivity contribution in [2.75, 3.05) is 5.32 Å². The zero-order chi connectivity index (χ0) is 16.4. The molecule has 1 aliphatic rings. The summed E-state index contributed by atoms with van der Waals surface area (Å²) in [5.41, 5.74) is 1.75. The van der Waals surface area contributed by atoms with E-state index in [4.69, 9.17) is 9.26 Å². The molecular weight excluding hydrogens is 296 g/mol. The number of fused-ring (bicyclic) bond motifs is 1. The molecule has 23 heavy (non-hydrogen) atoms. The number of benzene rings is 1. The van der Waals surface area contributed by atoms with Crippen molar-refractivity contribution in [3.63, 3.8) is 0 Å². The van der Waals surface area contributed by atoms with Crippen LogP contribution in [0.15, 0.2) is 28.8 Å². The smallest absolute Gasteiger partial charge is 0.266 e. The van der Waals surface area contributed by atoms with E-state index in [1.807, 2.05) is 6.07 Å². The van der Waals surface area contributed by atoms with Gasteiger partial charge in [0.05, 0.1) is 0 Å². The largest absolute Gasteiger partial charge is 0.481 e. The molecule has 2 aromatic rings. The Balaban J connectivity index is 1.66. The quantitative estimate of drug-likeness (QED) is 0.938. The second kappa shape index (κ2) is 6.24. The molecule has 120 valence electrons. The number of amides is 1. The van der Waals surface area contributed by atoms with E-state index in [9.17, 15) is 9.59 Å². The fourth-order valence-corrected chi connectivity index (χ4v) is 2.61. The topological polar surface area (TPSA) is 81.4 Å². The van der Waals surface area contributed by atoms with Gasteiger partial charge >= 0.3 is 0 Å². The highest BCUT2D eigenvalue weighted by atomic mass is 16.5. The first kappa shape index (κ1) is 15.3. The average molecular weight is 314 g/mol. The second-order valence-electron chi connectivity index (χ2n) is 5.67. The van der Waals surface area contributed by atoms with E-state index in [1.165, 1.54) is 0 Å². The standard InChI is InChI=1S/C17H18N2O4/c1-10-8-16(19-23-10)18-17(21)11(2)22-13-6-7-14-12(9-13)4-3-5-15(14)20/h6-9,11H,3-5H2,1-2H3,(H,18,19,21)/t11-/m0/s1. The Morgan fingerprint density at radius 3 is 2.91 bits per heavy atom. The van der Waals surface area contributed by atoms with Gasteiger partial charge in [0.25, 0.3) is 5.91 Å². The molecule has 0 unspecified atom stereocenters. The summed E-state index contributed by atoms with van der Waals surface area (Å²) in [7, 11) is 0. The number of ether oxygens (including phenoxy) is 1. The first-order chi connectivity index (χ1) is 11.0. The summed E-state index contributed by atoms with van der Waals surface area (Å²) in [6, 6.07) is 6.98. The number of Topliss-reactive ketones (excluding diaryl/α,β-unsaturated/α-hetero) is 1. The Morgan fingerprint density at radius 1 is 1.35 bits per heavy atom. The van der Waals surface area contributed by atoms with Crippen molar-refractivity contribution in [2.45, 2.75) is 39.2 Å². The average Bonchev–Trinajstić information content (AvgIpc) is 2.92. The van der Waals surface area contributed by atoms with Crippen LogP contribution in [-0.2, 0) is 11.2 Å². The van der Waals surface area contributed by atoms with Gasteiger partial charge in [-0.15, -0.1) is 0 Å². The Morgan fingerprint density at radius 2 is 2.17 bits per heavy atom. The van der Waals surface area contributed by atoms with Crippen molar-refractivity contribution in [1.29, 1.82) is 0 Å². The summed E-state index contributed by atoms with van der Waals surface area (Å²) in [5, 5.41) is 6.34. The van der Waals surface area contributed by atoms with Gasteiger partial charge in [-0.25, -0.2) is 0 Å². The lowest BCUT2D eigenvalue weighted by atomic mass is 9.90. The van der Waals surface area contributed by atoms with E-state index in [0.29, 0.717) is 23.7 Å². The minimum absolute atomic E-state index is 0.171. The molecule has 6 nitrogen and oxygen atoms in total. The molecular formula is C17H18N2O4. The van der Waals surface area contributed by atoms with E-state index in [0.717, 1.165) is 24.0 Å². The molecule has 1 amide bonds. The zero-order valence-corrected chi connectivity index (χ0v) is 13.1. The fourth-order valence-electron chi connectivity index (χ4n) is 2.61. The van der Waals surface area contributed by atoms with E-state index >= 15 is 0 Å². The SMILES string of the molecule is Cc1cc(NC(=O)[C@H](C)Oc2ccc3c(c2)CCCC3=O)no1. The maximum atomic E-state index is 12.1. The molecule has 0 fully saturated rings. The number of carbonyl (C=O) groups excluding carboxylic acids is 2. The summed E-state index contributed by atoms with van der Waals surface area (Å²) in [4.78, 5) is 23.9. The first-order valence-electron chi connectivity index (χ1n) is 7.60. The number of aryl methyl sites for hydroxylation is 2. The molecule has 0 aliphatic heterocycles. The maximum absolute atomic E-state index is 12.1. The van der Waals surface area contributed by atoms with Crippen LogP contribution in [0.5, 0.6) is 5.75 Å². The molecule has 0 saturated heterocycles. The van der Waals surface area contributed by atoms with Crippen LogP contribution in [-0.4, -0.2) is 23.0 Å². The van der Waals surface area contributed by atoms with Gasteiger partial charge in [-0.05, 0) is 50.5 Å². The van der Waals surface area contributed by atoms with Gasteiger partial charge in [0, 0.05) is 18.1 Å². The number of nitrogens with one attached hydrogen (secondary N) is 1. The number of nitrogens with zero attached hydrogens (tertiary/aromatic N) is 1. The highest BCUT2D eigenvalue weighted by Crippen LogP contribution is 2.26. The highest BCUT2D eigenvalue weighted by molar-refractivity contribution is 5.98. The summed E-state index contributed by atoms with van der Waals surface area (Å²) < 4.78 is 10.6. The van der Waals surface area contributed by atoms with Crippen LogP contribution < -0.4 is 10.1 Å². The summed E-state index contributed by atoms with van der Waals surface area (Å²) >= 11 is 0. The minimum atomic E-state index is -0.690. The Kier molecular flexibility index (Phi) is 4.14. The van der Waals surface area contributed by atoms with Crippen LogP contribution in [0.1, 0.15) is 41.4 Å². The Labute approximate surface area is 133 Å². The number of carbonyl (C=O) groups is 2. The van der Waals surface area contributed by atoms with Crippen LogP contribution in [0.2, 0.25) is 0 Å². The minimum Gasteiger partial charge on any atom is -0.481 e. The molecule has 3 rings (SSSR count). The molecule has 1 aromatic carbocycles. The molecule has 0 saturated carbocycles. The lowest BCUT2D eigenvalue weighted by molar-refractivity contribution is -0.122. The Bertz CT molecular complexity index is 751. The van der Waals surface area contributed by atoms with E-state index in [-0.39, 0.29) is 11.7 Å². The summed E-state index contributed by atoms with van der Waals surface area (Å²) in [6.45, 7) is 3.41. The molecule has 0 radical (unpaired) electrons. The molecule has 6 heteroatoms. The number of aromatic nitrogens is 1. The molecule has 1 heterocycles. The normalized spacial score (nSPS) is 15.0. The van der Waals surface area contributed by atoms with Gasteiger partial charge in [0.2, 0.25) is 0 Å². The van der Waals surface area contributed by atoms with Crippen LogP contribution in [0.3, 0.4) is 0 Å². The highest BCUT2D eigenvalue weighted by Gasteiger charge is 2.20. The van der Waals surface area contributed by atoms with E-state index < -0.39 is 6.10 Å².